The van der Waals surface area contributed by atoms with Gasteiger partial charge in [-0.05, 0) is 17.7 Å². The van der Waals surface area contributed by atoms with Crippen molar-refractivity contribution in [2.75, 3.05) is 7.11 Å². The molecule has 0 unspecified atom stereocenters. The summed E-state index contributed by atoms with van der Waals surface area (Å²) in [4.78, 5) is 21.6. The molecule has 0 amide bonds. The van der Waals surface area contributed by atoms with E-state index in [-0.39, 0.29) is 5.56 Å². The van der Waals surface area contributed by atoms with Crippen molar-refractivity contribution in [2.45, 2.75) is 6.67 Å². The van der Waals surface area contributed by atoms with Gasteiger partial charge in [0.1, 0.15) is 6.67 Å². The van der Waals surface area contributed by atoms with Gasteiger partial charge < -0.3 is 9.84 Å². The minimum absolute atomic E-state index is 0.122. The number of ether oxygens (including phenoxy) is 1. The second-order valence-corrected chi connectivity index (χ2v) is 2.93. The molecule has 16 heavy (non-hydrogen) atoms. The lowest BCUT2D eigenvalue weighted by Gasteiger charge is -2.08. The number of alkyl halides is 1. The lowest BCUT2D eigenvalue weighted by molar-refractivity contribution is -0.131. The number of carboxylic acid groups (broad SMARTS) is 1. The largest absolute Gasteiger partial charge is 0.493 e. The minimum Gasteiger partial charge on any atom is -0.493 e. The Balaban J connectivity index is 3.39. The van der Waals surface area contributed by atoms with Crippen LogP contribution in [0.1, 0.15) is 15.9 Å². The molecule has 86 valence electrons. The van der Waals surface area contributed by atoms with E-state index in [1.807, 2.05) is 0 Å². The molecule has 0 bridgehead atoms. The molecule has 0 atom stereocenters. The first kappa shape index (κ1) is 12.1. The Morgan fingerprint density at radius 2 is 2.06 bits per heavy atom. The maximum atomic E-state index is 13.3. The van der Waals surface area contributed by atoms with Gasteiger partial charge in [0.05, 0.1) is 12.7 Å². The molecule has 1 aromatic rings. The monoisotopic (exact) mass is 230 g/mol. The molecule has 0 radical (unpaired) electrons. The fourth-order valence-electron chi connectivity index (χ4n) is 1.22. The van der Waals surface area contributed by atoms with Crippen molar-refractivity contribution in [3.05, 3.63) is 29.1 Å². The van der Waals surface area contributed by atoms with E-state index in [4.69, 9.17) is 5.11 Å². The average Bonchev–Trinajstić information content (AvgIpc) is 2.26. The van der Waals surface area contributed by atoms with Crippen LogP contribution in [0, 0.1) is 5.82 Å². The molecule has 1 rings (SSSR count). The average molecular weight is 230 g/mol. The normalized spacial score (nSPS) is 9.94. The first-order valence-electron chi connectivity index (χ1n) is 4.21. The Morgan fingerprint density at radius 1 is 1.44 bits per heavy atom. The summed E-state index contributed by atoms with van der Waals surface area (Å²) in [6, 6.07) is 1.80. The van der Waals surface area contributed by atoms with Gasteiger partial charge in [-0.1, -0.05) is 0 Å². The molecule has 0 spiro atoms. The number of hydrogen-bond acceptors (Lipinski definition) is 3. The second-order valence-electron chi connectivity index (χ2n) is 2.93. The fourth-order valence-corrected chi connectivity index (χ4v) is 1.22. The third-order valence-corrected chi connectivity index (χ3v) is 1.90. The van der Waals surface area contributed by atoms with Crippen molar-refractivity contribution < 1.29 is 28.2 Å². The maximum Gasteiger partial charge on any atom is 0.377 e. The summed E-state index contributed by atoms with van der Waals surface area (Å²) in [5, 5.41) is 8.49. The zero-order valence-electron chi connectivity index (χ0n) is 8.29. The molecule has 4 nitrogen and oxygen atoms in total. The highest BCUT2D eigenvalue weighted by Gasteiger charge is 2.23. The number of rotatable bonds is 4. The molecule has 0 aliphatic rings. The van der Waals surface area contributed by atoms with Crippen LogP contribution >= 0.6 is 0 Å². The van der Waals surface area contributed by atoms with E-state index in [2.05, 4.69) is 4.74 Å². The summed E-state index contributed by atoms with van der Waals surface area (Å²) >= 11 is 0. The number of carboxylic acids is 1. The molecule has 1 aromatic carbocycles. The number of carbonyl (C=O) groups is 2. The van der Waals surface area contributed by atoms with E-state index in [9.17, 15) is 18.4 Å². The van der Waals surface area contributed by atoms with Gasteiger partial charge in [0.25, 0.3) is 5.78 Å². The number of halogens is 2. The molecule has 0 saturated heterocycles. The van der Waals surface area contributed by atoms with Gasteiger partial charge in [-0.3, -0.25) is 4.79 Å². The smallest absolute Gasteiger partial charge is 0.377 e. The highest BCUT2D eigenvalue weighted by atomic mass is 19.1. The Labute approximate surface area is 89.5 Å². The van der Waals surface area contributed by atoms with E-state index < -0.39 is 35.6 Å². The van der Waals surface area contributed by atoms with Gasteiger partial charge in [0.15, 0.2) is 11.6 Å². The second kappa shape index (κ2) is 4.69. The number of aliphatic carboxylic acids is 1. The minimum atomic E-state index is -1.76. The quantitative estimate of drug-likeness (QED) is 0.629. The van der Waals surface area contributed by atoms with Crippen molar-refractivity contribution in [1.82, 2.24) is 0 Å². The van der Waals surface area contributed by atoms with Crippen LogP contribution in [0.5, 0.6) is 5.75 Å². The van der Waals surface area contributed by atoms with E-state index >= 15 is 0 Å². The number of methoxy groups -OCH3 is 1. The summed E-state index contributed by atoms with van der Waals surface area (Å²) in [6.07, 6.45) is 0. The number of Topliss-reactive ketones (excluding diaryl/α,β-unsaturated/α-hetero) is 1. The van der Waals surface area contributed by atoms with Crippen LogP contribution in [0.15, 0.2) is 12.1 Å². The van der Waals surface area contributed by atoms with Crippen molar-refractivity contribution in [1.29, 1.82) is 0 Å². The van der Waals surface area contributed by atoms with Crippen LogP contribution in [0.4, 0.5) is 8.78 Å². The molecule has 0 aliphatic carbocycles. The van der Waals surface area contributed by atoms with E-state index in [1.54, 1.807) is 0 Å². The lowest BCUT2D eigenvalue weighted by Crippen LogP contribution is -2.15. The topological polar surface area (TPSA) is 63.6 Å². The SMILES string of the molecule is COc1c(F)cc(CF)cc1C(=O)C(=O)O. The van der Waals surface area contributed by atoms with Crippen LogP contribution in [0.25, 0.3) is 0 Å². The molecular weight excluding hydrogens is 222 g/mol. The summed E-state index contributed by atoms with van der Waals surface area (Å²) < 4.78 is 30.2. The molecule has 0 aromatic heterocycles. The van der Waals surface area contributed by atoms with E-state index in [1.165, 1.54) is 0 Å². The van der Waals surface area contributed by atoms with Crippen LogP contribution in [-0.4, -0.2) is 24.0 Å². The Kier molecular flexibility index (Phi) is 3.55. The van der Waals surface area contributed by atoms with Gasteiger partial charge in [0.2, 0.25) is 0 Å². The summed E-state index contributed by atoms with van der Waals surface area (Å²) in [7, 11) is 1.09. The van der Waals surface area contributed by atoms with E-state index in [0.717, 1.165) is 19.2 Å². The summed E-state index contributed by atoms with van der Waals surface area (Å²) in [5.74, 6) is -4.56. The first-order chi connectivity index (χ1) is 7.51. The summed E-state index contributed by atoms with van der Waals surface area (Å²) in [5.41, 5.74) is -0.620. The molecule has 6 heteroatoms. The lowest BCUT2D eigenvalue weighted by atomic mass is 10.1. The molecule has 0 aliphatic heterocycles. The van der Waals surface area contributed by atoms with Gasteiger partial charge in [-0.25, -0.2) is 13.6 Å². The molecule has 0 saturated carbocycles. The number of ketones is 1. The van der Waals surface area contributed by atoms with Crippen molar-refractivity contribution in [3.8, 4) is 5.75 Å². The Morgan fingerprint density at radius 3 is 2.50 bits per heavy atom. The fraction of sp³-hybridized carbons (Fsp3) is 0.200. The number of benzene rings is 1. The van der Waals surface area contributed by atoms with Crippen LogP contribution in [0.2, 0.25) is 0 Å². The Bertz CT molecular complexity index is 443. The van der Waals surface area contributed by atoms with Crippen molar-refractivity contribution >= 4 is 11.8 Å². The van der Waals surface area contributed by atoms with Gasteiger partial charge in [-0.2, -0.15) is 0 Å². The zero-order valence-corrected chi connectivity index (χ0v) is 8.29. The van der Waals surface area contributed by atoms with Gasteiger partial charge in [0, 0.05) is 0 Å². The van der Waals surface area contributed by atoms with E-state index in [0.29, 0.717) is 0 Å². The van der Waals surface area contributed by atoms with Crippen molar-refractivity contribution in [3.63, 3.8) is 0 Å². The third kappa shape index (κ3) is 2.16. The highest BCUT2D eigenvalue weighted by Crippen LogP contribution is 2.25. The number of carbonyl (C=O) groups excluding carboxylic acids is 1. The van der Waals surface area contributed by atoms with Gasteiger partial charge in [-0.15, -0.1) is 0 Å². The molecule has 0 heterocycles. The molecule has 0 fully saturated rings. The third-order valence-electron chi connectivity index (χ3n) is 1.90. The summed E-state index contributed by atoms with van der Waals surface area (Å²) in [6.45, 7) is -0.999. The van der Waals surface area contributed by atoms with Crippen LogP contribution in [0.3, 0.4) is 0 Å². The molecular formula is C10H8F2O4. The zero-order chi connectivity index (χ0) is 12.3. The standard InChI is InChI=1S/C10H8F2O4/c1-16-9-6(8(13)10(14)15)2-5(4-11)3-7(9)12/h2-3H,4H2,1H3,(H,14,15). The predicted octanol–water partition coefficient (Wildman–Crippen LogP) is 1.57. The first-order valence-corrected chi connectivity index (χ1v) is 4.21. The maximum absolute atomic E-state index is 13.3. The highest BCUT2D eigenvalue weighted by molar-refractivity contribution is 6.40. The van der Waals surface area contributed by atoms with Crippen LogP contribution < -0.4 is 4.74 Å². The molecule has 1 N–H and O–H groups in total. The number of hydrogen-bond donors (Lipinski definition) is 1. The van der Waals surface area contributed by atoms with Gasteiger partial charge >= 0.3 is 5.97 Å². The predicted molar refractivity (Wildman–Crippen MR) is 49.7 cm³/mol. The Hall–Kier alpha value is -1.98. The van der Waals surface area contributed by atoms with Crippen molar-refractivity contribution in [2.24, 2.45) is 0 Å². The van der Waals surface area contributed by atoms with Crippen LogP contribution in [-0.2, 0) is 11.5 Å².